The fourth-order valence-corrected chi connectivity index (χ4v) is 4.46. The van der Waals surface area contributed by atoms with Crippen LogP contribution in [0.5, 0.6) is 17.2 Å². The molecule has 0 radical (unpaired) electrons. The zero-order valence-corrected chi connectivity index (χ0v) is 18.8. The Kier molecular flexibility index (Phi) is 5.39. The smallest absolute Gasteiger partial charge is 0.231 e. The summed E-state index contributed by atoms with van der Waals surface area (Å²) in [5.41, 5.74) is 3.48. The summed E-state index contributed by atoms with van der Waals surface area (Å²) in [5, 5.41) is 3.23. The van der Waals surface area contributed by atoms with E-state index in [4.69, 9.17) is 19.2 Å². The minimum absolute atomic E-state index is 0.499. The van der Waals surface area contributed by atoms with Gasteiger partial charge in [0.1, 0.15) is 11.8 Å². The molecule has 0 atom stereocenters. The molecule has 4 aromatic rings. The molecular formula is C21H23N7O3S. The van der Waals surface area contributed by atoms with Gasteiger partial charge in [0, 0.05) is 25.2 Å². The van der Waals surface area contributed by atoms with Crippen LogP contribution in [0.4, 0.5) is 17.6 Å². The van der Waals surface area contributed by atoms with Crippen LogP contribution in [0.1, 0.15) is 12.8 Å². The number of anilines is 3. The highest BCUT2D eigenvalue weighted by Gasteiger charge is 2.20. The number of methoxy groups -OCH3 is 3. The van der Waals surface area contributed by atoms with Crippen LogP contribution in [0, 0.1) is 0 Å². The molecule has 10 nitrogen and oxygen atoms in total. The molecule has 1 aliphatic rings. The van der Waals surface area contributed by atoms with E-state index in [1.54, 1.807) is 27.7 Å². The van der Waals surface area contributed by atoms with Crippen LogP contribution < -0.4 is 24.4 Å². The Hall–Kier alpha value is -3.60. The predicted molar refractivity (Wildman–Crippen MR) is 123 cm³/mol. The number of ether oxygens (including phenoxy) is 3. The average molecular weight is 454 g/mol. The minimum Gasteiger partial charge on any atom is -0.493 e. The lowest BCUT2D eigenvalue weighted by atomic mass is 10.2. The highest BCUT2D eigenvalue weighted by molar-refractivity contribution is 7.16. The number of rotatable bonds is 7. The van der Waals surface area contributed by atoms with Gasteiger partial charge in [-0.2, -0.15) is 9.97 Å². The van der Waals surface area contributed by atoms with Crippen molar-refractivity contribution in [3.8, 4) is 22.9 Å². The number of fused-ring (bicyclic) bond motifs is 1. The fraction of sp³-hybridized carbons (Fsp3) is 0.333. The van der Waals surface area contributed by atoms with Crippen LogP contribution in [0.15, 0.2) is 30.2 Å². The van der Waals surface area contributed by atoms with Gasteiger partial charge in [-0.3, -0.25) is 0 Å². The second-order valence-corrected chi connectivity index (χ2v) is 8.08. The fourth-order valence-electron chi connectivity index (χ4n) is 3.81. The third-order valence-corrected chi connectivity index (χ3v) is 6.07. The lowest BCUT2D eigenvalue weighted by molar-refractivity contribution is 0.324. The molecule has 32 heavy (non-hydrogen) atoms. The molecule has 0 amide bonds. The van der Waals surface area contributed by atoms with Gasteiger partial charge in [-0.05, 0) is 12.8 Å². The Labute approximate surface area is 188 Å². The monoisotopic (exact) mass is 453 g/mol. The molecule has 1 saturated heterocycles. The quantitative estimate of drug-likeness (QED) is 0.449. The van der Waals surface area contributed by atoms with Crippen LogP contribution >= 0.6 is 11.3 Å². The topological polar surface area (TPSA) is 99.5 Å². The number of imidazole rings is 1. The summed E-state index contributed by atoms with van der Waals surface area (Å²) in [6.45, 7) is 1.97. The van der Waals surface area contributed by atoms with Crippen molar-refractivity contribution < 1.29 is 14.2 Å². The Bertz CT molecular complexity index is 1220. The first kappa shape index (κ1) is 20.3. The number of nitrogens with zero attached hydrogens (tertiary/aromatic N) is 6. The van der Waals surface area contributed by atoms with Crippen molar-refractivity contribution in [3.63, 3.8) is 0 Å². The first-order valence-corrected chi connectivity index (χ1v) is 11.1. The van der Waals surface area contributed by atoms with Gasteiger partial charge < -0.3 is 29.0 Å². The maximum Gasteiger partial charge on any atom is 0.231 e. The number of benzene rings is 1. The Balaban J connectivity index is 1.46. The number of aromatic nitrogens is 5. The van der Waals surface area contributed by atoms with Gasteiger partial charge in [0.2, 0.25) is 11.7 Å². The zero-order valence-electron chi connectivity index (χ0n) is 18.0. The van der Waals surface area contributed by atoms with Crippen molar-refractivity contribution in [2.75, 3.05) is 44.6 Å². The lowest BCUT2D eigenvalue weighted by Gasteiger charge is -2.17. The van der Waals surface area contributed by atoms with Gasteiger partial charge in [0.05, 0.1) is 38.7 Å². The molecule has 1 aromatic carbocycles. The molecule has 3 aromatic heterocycles. The number of thiazole rings is 1. The van der Waals surface area contributed by atoms with E-state index in [1.165, 1.54) is 11.3 Å². The molecular weight excluding hydrogens is 430 g/mol. The summed E-state index contributed by atoms with van der Waals surface area (Å²) < 4.78 is 18.2. The molecule has 0 unspecified atom stereocenters. The van der Waals surface area contributed by atoms with Crippen LogP contribution in [-0.4, -0.2) is 58.9 Å². The molecule has 0 aliphatic carbocycles. The second-order valence-electron chi connectivity index (χ2n) is 7.25. The maximum absolute atomic E-state index is 5.45. The van der Waals surface area contributed by atoms with Crippen molar-refractivity contribution in [2.24, 2.45) is 0 Å². The molecule has 1 N–H and O–H groups in total. The van der Waals surface area contributed by atoms with E-state index in [1.807, 2.05) is 28.4 Å². The molecule has 166 valence electrons. The molecule has 1 aliphatic heterocycles. The predicted octanol–water partition coefficient (Wildman–Crippen LogP) is 3.64. The largest absolute Gasteiger partial charge is 0.493 e. The number of hydrogen-bond acceptors (Lipinski definition) is 10. The van der Waals surface area contributed by atoms with Crippen LogP contribution in [-0.2, 0) is 0 Å². The van der Waals surface area contributed by atoms with E-state index >= 15 is 0 Å². The third-order valence-electron chi connectivity index (χ3n) is 5.36. The highest BCUT2D eigenvalue weighted by atomic mass is 32.1. The minimum atomic E-state index is 0.499. The van der Waals surface area contributed by atoms with E-state index in [0.717, 1.165) is 47.8 Å². The van der Waals surface area contributed by atoms with E-state index in [2.05, 4.69) is 25.2 Å². The molecule has 5 rings (SSSR count). The molecule has 0 bridgehead atoms. The number of nitrogens with one attached hydrogen (secondary N) is 1. The summed E-state index contributed by atoms with van der Waals surface area (Å²) >= 11 is 1.50. The summed E-state index contributed by atoms with van der Waals surface area (Å²) in [4.78, 5) is 21.4. The zero-order chi connectivity index (χ0) is 22.1. The molecule has 11 heteroatoms. The van der Waals surface area contributed by atoms with E-state index < -0.39 is 0 Å². The number of hydrogen-bond donors (Lipinski definition) is 1. The van der Waals surface area contributed by atoms with Crippen molar-refractivity contribution >= 4 is 39.3 Å². The Morgan fingerprint density at radius 3 is 2.41 bits per heavy atom. The van der Waals surface area contributed by atoms with Gasteiger partial charge in [-0.1, -0.05) is 0 Å². The first-order chi connectivity index (χ1) is 15.7. The normalized spacial score (nSPS) is 13.5. The molecule has 4 heterocycles. The van der Waals surface area contributed by atoms with E-state index in [0.29, 0.717) is 29.0 Å². The second kappa shape index (κ2) is 8.50. The summed E-state index contributed by atoms with van der Waals surface area (Å²) in [6.07, 6.45) is 5.89. The van der Waals surface area contributed by atoms with Gasteiger partial charge in [-0.25, -0.2) is 9.97 Å². The Morgan fingerprint density at radius 2 is 1.72 bits per heavy atom. The van der Waals surface area contributed by atoms with Gasteiger partial charge in [0.15, 0.2) is 28.0 Å². The van der Waals surface area contributed by atoms with Crippen LogP contribution in [0.3, 0.4) is 0 Å². The first-order valence-electron chi connectivity index (χ1n) is 10.2. The van der Waals surface area contributed by atoms with Crippen LogP contribution in [0.2, 0.25) is 0 Å². The van der Waals surface area contributed by atoms with Gasteiger partial charge in [-0.15, -0.1) is 11.3 Å². The molecule has 1 fully saturated rings. The standard InChI is InChI=1S/C21H23N7O3S/c1-29-14-8-13(9-15(30-2)18(14)31-3)28-10-16(22-11-28)24-21-25-19(27-6-4-5-7-27)17-20(26-21)32-12-23-17/h8-12H,4-7H2,1-3H3,(H,24,25,26). The molecule has 0 saturated carbocycles. The van der Waals surface area contributed by atoms with Gasteiger partial charge in [0.25, 0.3) is 0 Å². The molecule has 0 spiro atoms. The maximum atomic E-state index is 5.45. The summed E-state index contributed by atoms with van der Waals surface area (Å²) in [5.74, 6) is 3.67. The third kappa shape index (κ3) is 3.64. The van der Waals surface area contributed by atoms with Crippen molar-refractivity contribution in [2.45, 2.75) is 12.8 Å². The van der Waals surface area contributed by atoms with E-state index in [-0.39, 0.29) is 0 Å². The van der Waals surface area contributed by atoms with Crippen molar-refractivity contribution in [3.05, 3.63) is 30.2 Å². The highest BCUT2D eigenvalue weighted by Crippen LogP contribution is 2.39. The summed E-state index contributed by atoms with van der Waals surface area (Å²) in [6, 6.07) is 3.72. The Morgan fingerprint density at radius 1 is 0.969 bits per heavy atom. The van der Waals surface area contributed by atoms with Crippen molar-refractivity contribution in [1.82, 2.24) is 24.5 Å². The van der Waals surface area contributed by atoms with Crippen molar-refractivity contribution in [1.29, 1.82) is 0 Å². The lowest BCUT2D eigenvalue weighted by Crippen LogP contribution is -2.20. The van der Waals surface area contributed by atoms with Gasteiger partial charge >= 0.3 is 0 Å². The average Bonchev–Trinajstić information content (AvgIpc) is 3.59. The summed E-state index contributed by atoms with van der Waals surface area (Å²) in [7, 11) is 4.76. The SMILES string of the molecule is COc1cc(-n2cnc(Nc3nc(N4CCCC4)c4ncsc4n3)c2)cc(OC)c1OC. The van der Waals surface area contributed by atoms with Crippen LogP contribution in [0.25, 0.3) is 16.0 Å². The van der Waals surface area contributed by atoms with E-state index in [9.17, 15) is 0 Å².